The molecule has 0 spiro atoms. The third kappa shape index (κ3) is 4.49. The van der Waals surface area contributed by atoms with Gasteiger partial charge in [-0.15, -0.1) is 0 Å². The minimum Gasteiger partial charge on any atom is -0.452 e. The number of ether oxygens (including phenoxy) is 1. The van der Waals surface area contributed by atoms with E-state index in [1.807, 2.05) is 60.7 Å². The van der Waals surface area contributed by atoms with E-state index in [2.05, 4.69) is 5.32 Å². The van der Waals surface area contributed by atoms with Gasteiger partial charge in [0.15, 0.2) is 16.4 Å². The number of carbonyl (C=O) groups excluding carboxylic acids is 2. The first-order valence-corrected chi connectivity index (χ1v) is 12.8. The second-order valence-electron chi connectivity index (χ2n) is 8.34. The molecule has 1 aliphatic heterocycles. The molecule has 0 saturated carbocycles. The lowest BCUT2D eigenvalue weighted by Crippen LogP contribution is -2.38. The Morgan fingerprint density at radius 2 is 1.71 bits per heavy atom. The predicted octanol–water partition coefficient (Wildman–Crippen LogP) is 3.52. The maximum Gasteiger partial charge on any atom is 0.339 e. The fraction of sp³-hybridized carbons (Fsp3) is 0.192. The molecule has 4 aromatic rings. The number of hydrogen-bond donors (Lipinski definition) is 1. The third-order valence-corrected chi connectivity index (χ3v) is 7.70. The van der Waals surface area contributed by atoms with Gasteiger partial charge in [0.2, 0.25) is 0 Å². The van der Waals surface area contributed by atoms with Crippen molar-refractivity contribution in [2.75, 3.05) is 18.1 Å². The Hall–Kier alpha value is -3.78. The largest absolute Gasteiger partial charge is 0.452 e. The zero-order valence-electron chi connectivity index (χ0n) is 18.2. The van der Waals surface area contributed by atoms with E-state index in [-0.39, 0.29) is 11.5 Å². The number of aromatic nitrogens is 1. The number of fused-ring (bicyclic) bond motifs is 2. The van der Waals surface area contributed by atoms with E-state index >= 15 is 0 Å². The summed E-state index contributed by atoms with van der Waals surface area (Å²) in [5, 5.41) is 5.32. The van der Waals surface area contributed by atoms with Crippen molar-refractivity contribution >= 4 is 43.4 Å². The molecule has 2 heterocycles. The van der Waals surface area contributed by atoms with Crippen molar-refractivity contribution in [3.63, 3.8) is 0 Å². The van der Waals surface area contributed by atoms with E-state index in [0.29, 0.717) is 28.6 Å². The average molecular weight is 475 g/mol. The summed E-state index contributed by atoms with van der Waals surface area (Å²) in [5.41, 5.74) is 2.46. The number of rotatable bonds is 5. The van der Waals surface area contributed by atoms with Crippen molar-refractivity contribution in [1.29, 1.82) is 0 Å². The van der Waals surface area contributed by atoms with Gasteiger partial charge in [-0.05, 0) is 29.3 Å². The highest BCUT2D eigenvalue weighted by Crippen LogP contribution is 2.30. The van der Waals surface area contributed by atoms with Crippen LogP contribution in [0, 0.1) is 0 Å². The van der Waals surface area contributed by atoms with E-state index in [1.165, 1.54) is 0 Å². The number of esters is 1. The number of pyridine rings is 1. The van der Waals surface area contributed by atoms with Crippen molar-refractivity contribution in [3.05, 3.63) is 78.4 Å². The van der Waals surface area contributed by atoms with Gasteiger partial charge in [-0.2, -0.15) is 0 Å². The maximum atomic E-state index is 13.0. The number of benzene rings is 3. The number of nitrogens with one attached hydrogen (secondary N) is 1. The van der Waals surface area contributed by atoms with E-state index < -0.39 is 34.4 Å². The predicted molar refractivity (Wildman–Crippen MR) is 130 cm³/mol. The number of amides is 1. The highest BCUT2D eigenvalue weighted by Gasteiger charge is 2.29. The van der Waals surface area contributed by atoms with Gasteiger partial charge in [-0.1, -0.05) is 60.7 Å². The van der Waals surface area contributed by atoms with E-state index in [4.69, 9.17) is 9.72 Å². The van der Waals surface area contributed by atoms with Crippen molar-refractivity contribution in [1.82, 2.24) is 10.3 Å². The quantitative estimate of drug-likeness (QED) is 0.444. The Kier molecular flexibility index (Phi) is 5.75. The molecule has 0 aliphatic carbocycles. The van der Waals surface area contributed by atoms with Gasteiger partial charge in [-0.25, -0.2) is 18.2 Å². The minimum absolute atomic E-state index is 0.0533. The van der Waals surface area contributed by atoms with Crippen LogP contribution in [0.25, 0.3) is 32.9 Å². The number of nitrogens with zero attached hydrogens (tertiary/aromatic N) is 1. The smallest absolute Gasteiger partial charge is 0.339 e. The topological polar surface area (TPSA) is 102 Å². The lowest BCUT2D eigenvalue weighted by Gasteiger charge is -2.13. The van der Waals surface area contributed by atoms with Crippen LogP contribution in [0.15, 0.2) is 72.8 Å². The van der Waals surface area contributed by atoms with Crippen LogP contribution in [0.5, 0.6) is 0 Å². The zero-order chi connectivity index (χ0) is 23.7. The summed E-state index contributed by atoms with van der Waals surface area (Å²) in [5.74, 6) is -1.20. The van der Waals surface area contributed by atoms with Crippen LogP contribution < -0.4 is 5.32 Å². The SMILES string of the molecule is O=C(COC(=O)c1cc(-c2cccc3ccccc23)nc2ccccc12)N[C@@H]1CCS(=O)(=O)C1. The van der Waals surface area contributed by atoms with Gasteiger partial charge in [0.05, 0.1) is 28.3 Å². The summed E-state index contributed by atoms with van der Waals surface area (Å²) in [6.07, 6.45) is 0.366. The van der Waals surface area contributed by atoms with Crippen molar-refractivity contribution in [2.24, 2.45) is 0 Å². The van der Waals surface area contributed by atoms with Crippen LogP contribution in [-0.4, -0.2) is 49.4 Å². The molecule has 172 valence electrons. The molecular formula is C26H22N2O5S. The van der Waals surface area contributed by atoms with Gasteiger partial charge in [0, 0.05) is 17.0 Å². The first kappa shape index (κ1) is 22.0. The lowest BCUT2D eigenvalue weighted by atomic mass is 9.99. The fourth-order valence-electron chi connectivity index (χ4n) is 4.32. The highest BCUT2D eigenvalue weighted by molar-refractivity contribution is 7.91. The number of carbonyl (C=O) groups is 2. The molecule has 1 aromatic heterocycles. The molecule has 1 saturated heterocycles. The van der Waals surface area contributed by atoms with Crippen molar-refractivity contribution < 1.29 is 22.7 Å². The first-order valence-electron chi connectivity index (χ1n) is 10.9. The average Bonchev–Trinajstić information content (AvgIpc) is 3.19. The van der Waals surface area contributed by atoms with Crippen LogP contribution in [0.2, 0.25) is 0 Å². The van der Waals surface area contributed by atoms with Crippen LogP contribution in [0.3, 0.4) is 0 Å². The summed E-state index contributed by atoms with van der Waals surface area (Å²) in [7, 11) is -3.12. The third-order valence-electron chi connectivity index (χ3n) is 5.93. The summed E-state index contributed by atoms with van der Waals surface area (Å²) in [4.78, 5) is 30.0. The molecule has 1 aliphatic rings. The zero-order valence-corrected chi connectivity index (χ0v) is 19.0. The molecule has 3 aromatic carbocycles. The van der Waals surface area contributed by atoms with Gasteiger partial charge < -0.3 is 10.1 Å². The van der Waals surface area contributed by atoms with Gasteiger partial charge in [0.25, 0.3) is 5.91 Å². The van der Waals surface area contributed by atoms with E-state index in [0.717, 1.165) is 16.3 Å². The molecule has 8 heteroatoms. The van der Waals surface area contributed by atoms with Crippen LogP contribution in [-0.2, 0) is 19.4 Å². The van der Waals surface area contributed by atoms with Gasteiger partial charge in [-0.3, -0.25) is 4.79 Å². The molecule has 0 radical (unpaired) electrons. The first-order chi connectivity index (χ1) is 16.4. The Morgan fingerprint density at radius 1 is 0.971 bits per heavy atom. The second-order valence-corrected chi connectivity index (χ2v) is 10.6. The highest BCUT2D eigenvalue weighted by atomic mass is 32.2. The molecule has 1 fully saturated rings. The summed E-state index contributed by atoms with van der Waals surface area (Å²) >= 11 is 0. The number of hydrogen-bond acceptors (Lipinski definition) is 6. The molecule has 7 nitrogen and oxygen atoms in total. The monoisotopic (exact) mass is 474 g/mol. The van der Waals surface area contributed by atoms with Crippen LogP contribution >= 0.6 is 0 Å². The molecule has 1 N–H and O–H groups in total. The molecule has 0 bridgehead atoms. The van der Waals surface area contributed by atoms with Crippen molar-refractivity contribution in [3.8, 4) is 11.3 Å². The standard InChI is InChI=1S/C26H22N2O5S/c29-25(27-18-12-13-34(31,32)16-18)15-33-26(30)22-14-24(28-23-11-4-3-9-21(22)23)20-10-5-7-17-6-1-2-8-19(17)20/h1-11,14,18H,12-13,15-16H2,(H,27,29)/t18-/m1/s1. The normalized spacial score (nSPS) is 17.0. The summed E-state index contributed by atoms with van der Waals surface area (Å²) < 4.78 is 28.5. The number of para-hydroxylation sites is 1. The Labute approximate surface area is 196 Å². The minimum atomic E-state index is -3.12. The molecular weight excluding hydrogens is 452 g/mol. The summed E-state index contributed by atoms with van der Waals surface area (Å²) in [6.45, 7) is -0.490. The van der Waals surface area contributed by atoms with E-state index in [1.54, 1.807) is 12.1 Å². The Balaban J connectivity index is 1.42. The molecule has 1 amide bonds. The van der Waals surface area contributed by atoms with Gasteiger partial charge in [0.1, 0.15) is 0 Å². The Bertz CT molecular complexity index is 1530. The Morgan fingerprint density at radius 3 is 2.50 bits per heavy atom. The van der Waals surface area contributed by atoms with E-state index in [9.17, 15) is 18.0 Å². The van der Waals surface area contributed by atoms with Crippen LogP contribution in [0.1, 0.15) is 16.8 Å². The molecule has 1 atom stereocenters. The molecule has 0 unspecified atom stereocenters. The maximum absolute atomic E-state index is 13.0. The summed E-state index contributed by atoms with van der Waals surface area (Å²) in [6, 6.07) is 22.4. The molecule has 5 rings (SSSR count). The van der Waals surface area contributed by atoms with Gasteiger partial charge >= 0.3 is 5.97 Å². The second kappa shape index (κ2) is 8.87. The fourth-order valence-corrected chi connectivity index (χ4v) is 5.99. The number of sulfone groups is 1. The lowest BCUT2D eigenvalue weighted by molar-refractivity contribution is -0.124. The van der Waals surface area contributed by atoms with Crippen LogP contribution in [0.4, 0.5) is 0 Å². The molecule has 34 heavy (non-hydrogen) atoms. The van der Waals surface area contributed by atoms with Crippen molar-refractivity contribution in [2.45, 2.75) is 12.5 Å².